The molecule has 0 unspecified atom stereocenters. The summed E-state index contributed by atoms with van der Waals surface area (Å²) < 4.78 is 2.19. The Kier molecular flexibility index (Phi) is 2.75. The molecule has 2 heterocycles. The fourth-order valence-electron chi connectivity index (χ4n) is 1.95. The van der Waals surface area contributed by atoms with Crippen molar-refractivity contribution in [2.24, 2.45) is 4.99 Å². The number of nitrogens with zero attached hydrogens (tertiary/aromatic N) is 3. The van der Waals surface area contributed by atoms with Crippen LogP contribution in [-0.4, -0.2) is 16.0 Å². The zero-order valence-electron chi connectivity index (χ0n) is 9.78. The molecule has 0 saturated heterocycles. The molecule has 0 atom stereocenters. The second kappa shape index (κ2) is 4.43. The molecule has 0 amide bonds. The average molecular weight is 275 g/mol. The van der Waals surface area contributed by atoms with Gasteiger partial charge in [-0.15, -0.1) is 0 Å². The minimum Gasteiger partial charge on any atom is -0.282 e. The minimum atomic E-state index is -0.450. The summed E-state index contributed by atoms with van der Waals surface area (Å²) >= 11 is 1.32. The molecule has 1 aromatic heterocycles. The molecule has 2 aromatic rings. The molecule has 7 heteroatoms. The van der Waals surface area contributed by atoms with Gasteiger partial charge in [0.25, 0.3) is 11.2 Å². The van der Waals surface area contributed by atoms with Crippen LogP contribution in [0.15, 0.2) is 34.1 Å². The Morgan fingerprint density at radius 1 is 1.47 bits per heavy atom. The quantitative estimate of drug-likeness (QED) is 0.583. The van der Waals surface area contributed by atoms with Gasteiger partial charge >= 0.3 is 0 Å². The molecule has 0 radical (unpaired) electrons. The number of nitro benzene ring substituents is 1. The third-order valence-corrected chi connectivity index (χ3v) is 3.88. The van der Waals surface area contributed by atoms with Gasteiger partial charge in [0.15, 0.2) is 4.80 Å². The van der Waals surface area contributed by atoms with Crippen LogP contribution in [0, 0.1) is 10.1 Å². The van der Waals surface area contributed by atoms with Crippen LogP contribution in [0.5, 0.6) is 0 Å². The molecule has 0 saturated carbocycles. The van der Waals surface area contributed by atoms with E-state index in [4.69, 9.17) is 0 Å². The number of non-ortho nitro benzene ring substituents is 1. The standard InChI is InChI=1S/C12H9N3O3S/c16-11-10(19-12-13-4-5-14(11)12)7-8-2-1-3-9(6-8)15(17)18/h1-3,6-7H,4-5H2/b10-7-. The number of benzene rings is 1. The van der Waals surface area contributed by atoms with Gasteiger partial charge in [-0.1, -0.05) is 23.5 Å². The van der Waals surface area contributed by atoms with Crippen molar-refractivity contribution in [3.05, 3.63) is 59.6 Å². The zero-order chi connectivity index (χ0) is 13.4. The molecule has 0 bridgehead atoms. The summed E-state index contributed by atoms with van der Waals surface area (Å²) in [6.45, 7) is 1.27. The van der Waals surface area contributed by atoms with Crippen LogP contribution in [0.4, 0.5) is 5.69 Å². The van der Waals surface area contributed by atoms with Gasteiger partial charge in [-0.05, 0) is 11.6 Å². The Bertz CT molecular complexity index is 835. The highest BCUT2D eigenvalue weighted by Crippen LogP contribution is 2.13. The van der Waals surface area contributed by atoms with Crippen molar-refractivity contribution < 1.29 is 4.92 Å². The van der Waals surface area contributed by atoms with Crippen LogP contribution in [0.1, 0.15) is 5.56 Å². The SMILES string of the molecule is O=c1/c(=C/c2cccc([N+](=O)[O-])c2)sc2n1CCN=2. The summed E-state index contributed by atoms with van der Waals surface area (Å²) in [5.74, 6) is 0. The molecule has 6 nitrogen and oxygen atoms in total. The highest BCUT2D eigenvalue weighted by Gasteiger charge is 2.10. The lowest BCUT2D eigenvalue weighted by molar-refractivity contribution is -0.384. The Labute approximate surface area is 111 Å². The molecule has 0 N–H and O–H groups in total. The molecular weight excluding hydrogens is 266 g/mol. The van der Waals surface area contributed by atoms with Crippen molar-refractivity contribution >= 4 is 23.1 Å². The molecule has 96 valence electrons. The third-order valence-electron chi connectivity index (χ3n) is 2.84. The summed E-state index contributed by atoms with van der Waals surface area (Å²) in [4.78, 5) is 27.2. The van der Waals surface area contributed by atoms with Crippen LogP contribution in [-0.2, 0) is 6.54 Å². The summed E-state index contributed by atoms with van der Waals surface area (Å²) in [7, 11) is 0. The molecule has 0 fully saturated rings. The lowest BCUT2D eigenvalue weighted by Crippen LogP contribution is -2.29. The van der Waals surface area contributed by atoms with Crippen molar-refractivity contribution in [1.82, 2.24) is 4.57 Å². The van der Waals surface area contributed by atoms with Crippen LogP contribution < -0.4 is 14.9 Å². The fourth-order valence-corrected chi connectivity index (χ4v) is 2.98. The monoisotopic (exact) mass is 275 g/mol. The highest BCUT2D eigenvalue weighted by atomic mass is 32.1. The van der Waals surface area contributed by atoms with E-state index in [2.05, 4.69) is 4.99 Å². The number of rotatable bonds is 2. The maximum absolute atomic E-state index is 12.0. The smallest absolute Gasteiger partial charge is 0.270 e. The molecule has 1 aliphatic rings. The van der Waals surface area contributed by atoms with Crippen LogP contribution in [0.3, 0.4) is 0 Å². The number of aromatic nitrogens is 1. The van der Waals surface area contributed by atoms with Crippen LogP contribution in [0.2, 0.25) is 0 Å². The first-order chi connectivity index (χ1) is 9.15. The summed E-state index contributed by atoms with van der Waals surface area (Å²) in [5, 5.41) is 10.7. The zero-order valence-corrected chi connectivity index (χ0v) is 10.6. The molecule has 3 rings (SSSR count). The van der Waals surface area contributed by atoms with E-state index in [9.17, 15) is 14.9 Å². The summed E-state index contributed by atoms with van der Waals surface area (Å²) in [6.07, 6.45) is 1.67. The maximum Gasteiger partial charge on any atom is 0.270 e. The molecular formula is C12H9N3O3S. The normalized spacial score (nSPS) is 14.2. The fraction of sp³-hybridized carbons (Fsp3) is 0.167. The minimum absolute atomic E-state index is 0.0163. The van der Waals surface area contributed by atoms with Crippen molar-refractivity contribution in [1.29, 1.82) is 0 Å². The lowest BCUT2D eigenvalue weighted by atomic mass is 10.2. The van der Waals surface area contributed by atoms with Gasteiger partial charge < -0.3 is 0 Å². The Morgan fingerprint density at radius 2 is 2.32 bits per heavy atom. The van der Waals surface area contributed by atoms with Gasteiger partial charge in [-0.2, -0.15) is 0 Å². The molecule has 1 aliphatic heterocycles. The third kappa shape index (κ3) is 2.08. The first-order valence-electron chi connectivity index (χ1n) is 5.65. The molecule has 19 heavy (non-hydrogen) atoms. The van der Waals surface area contributed by atoms with Crippen molar-refractivity contribution in [3.8, 4) is 0 Å². The molecule has 0 spiro atoms. The molecule has 1 aromatic carbocycles. The van der Waals surface area contributed by atoms with E-state index in [-0.39, 0.29) is 11.2 Å². The first kappa shape index (κ1) is 11.8. The van der Waals surface area contributed by atoms with Gasteiger partial charge in [0.05, 0.1) is 16.0 Å². The van der Waals surface area contributed by atoms with Crippen LogP contribution >= 0.6 is 11.3 Å². The van der Waals surface area contributed by atoms with Crippen molar-refractivity contribution in [2.75, 3.05) is 6.54 Å². The largest absolute Gasteiger partial charge is 0.282 e. The van der Waals surface area contributed by atoms with Crippen LogP contribution in [0.25, 0.3) is 6.08 Å². The maximum atomic E-state index is 12.0. The van der Waals surface area contributed by atoms with E-state index in [1.54, 1.807) is 22.8 Å². The lowest BCUT2D eigenvalue weighted by Gasteiger charge is -1.93. The van der Waals surface area contributed by atoms with Crippen molar-refractivity contribution in [2.45, 2.75) is 6.54 Å². The second-order valence-electron chi connectivity index (χ2n) is 4.08. The topological polar surface area (TPSA) is 77.5 Å². The Hall–Kier alpha value is -2.28. The number of fused-ring (bicyclic) bond motifs is 1. The average Bonchev–Trinajstić information content (AvgIpc) is 2.95. The Morgan fingerprint density at radius 3 is 3.05 bits per heavy atom. The van der Waals surface area contributed by atoms with Crippen molar-refractivity contribution in [3.63, 3.8) is 0 Å². The van der Waals surface area contributed by atoms with Gasteiger partial charge in [0.2, 0.25) is 0 Å². The predicted molar refractivity (Wildman–Crippen MR) is 70.9 cm³/mol. The second-order valence-corrected chi connectivity index (χ2v) is 5.09. The van der Waals surface area contributed by atoms with E-state index in [1.807, 2.05) is 0 Å². The van der Waals surface area contributed by atoms with E-state index < -0.39 is 4.92 Å². The van der Waals surface area contributed by atoms with Gasteiger partial charge in [0, 0.05) is 18.7 Å². The van der Waals surface area contributed by atoms with E-state index in [0.717, 1.165) is 4.80 Å². The number of thiazole rings is 1. The highest BCUT2D eigenvalue weighted by molar-refractivity contribution is 7.07. The van der Waals surface area contributed by atoms with Gasteiger partial charge in [-0.25, -0.2) is 0 Å². The Balaban J connectivity index is 2.15. The first-order valence-corrected chi connectivity index (χ1v) is 6.47. The number of hydrogen-bond acceptors (Lipinski definition) is 5. The van der Waals surface area contributed by atoms with E-state index >= 15 is 0 Å². The summed E-state index contributed by atoms with van der Waals surface area (Å²) in [6, 6.07) is 6.21. The number of nitro groups is 1. The summed E-state index contributed by atoms with van der Waals surface area (Å²) in [5.41, 5.74) is 0.585. The van der Waals surface area contributed by atoms with Gasteiger partial charge in [-0.3, -0.25) is 24.5 Å². The molecule has 0 aliphatic carbocycles. The van der Waals surface area contributed by atoms with Gasteiger partial charge in [0.1, 0.15) is 0 Å². The van der Waals surface area contributed by atoms with E-state index in [0.29, 0.717) is 23.2 Å². The predicted octanol–water partition coefficient (Wildman–Crippen LogP) is 0.280. The number of hydrogen-bond donors (Lipinski definition) is 0. The van der Waals surface area contributed by atoms with E-state index in [1.165, 1.54) is 23.5 Å².